The molecule has 0 N–H and O–H groups in total. The molecule has 0 spiro atoms. The number of fused-ring (bicyclic) bond motifs is 1. The van der Waals surface area contributed by atoms with E-state index in [1.165, 1.54) is 0 Å². The third-order valence-corrected chi connectivity index (χ3v) is 9.39. The largest absolute Gasteiger partial charge is 0.543 e. The summed E-state index contributed by atoms with van der Waals surface area (Å²) >= 11 is 6.13. The number of para-hydroxylation sites is 1. The van der Waals surface area contributed by atoms with Crippen LogP contribution in [0, 0.1) is 0 Å². The molecule has 3 aromatic rings. The van der Waals surface area contributed by atoms with Gasteiger partial charge in [-0.15, -0.1) is 0 Å². The maximum absolute atomic E-state index is 6.43. The Hall–Kier alpha value is -1.91. The van der Waals surface area contributed by atoms with Crippen LogP contribution >= 0.6 is 11.6 Å². The van der Waals surface area contributed by atoms with Crippen molar-refractivity contribution in [2.24, 2.45) is 0 Å². The molecular formula is C20H23ClN2OSi. The van der Waals surface area contributed by atoms with Crippen molar-refractivity contribution in [1.29, 1.82) is 0 Å². The van der Waals surface area contributed by atoms with Crippen molar-refractivity contribution < 1.29 is 4.43 Å². The minimum absolute atomic E-state index is 0.147. The zero-order valence-corrected chi connectivity index (χ0v) is 17.1. The van der Waals surface area contributed by atoms with Gasteiger partial charge in [0.05, 0.1) is 11.2 Å². The van der Waals surface area contributed by atoms with Crippen molar-refractivity contribution in [3.05, 3.63) is 53.8 Å². The fraction of sp³-hybridized carbons (Fsp3) is 0.300. The molecule has 2 aromatic carbocycles. The van der Waals surface area contributed by atoms with Crippen LogP contribution in [0.2, 0.25) is 23.4 Å². The van der Waals surface area contributed by atoms with E-state index in [9.17, 15) is 0 Å². The molecule has 0 atom stereocenters. The average molecular weight is 371 g/mol. The maximum atomic E-state index is 6.43. The summed E-state index contributed by atoms with van der Waals surface area (Å²) < 4.78 is 6.43. The van der Waals surface area contributed by atoms with E-state index in [0.29, 0.717) is 0 Å². The quantitative estimate of drug-likeness (QED) is 0.399. The molecule has 0 bridgehead atoms. The van der Waals surface area contributed by atoms with Crippen LogP contribution in [-0.4, -0.2) is 18.3 Å². The van der Waals surface area contributed by atoms with Crippen molar-refractivity contribution in [3.8, 4) is 17.0 Å². The second-order valence-electron chi connectivity index (χ2n) is 7.75. The Labute approximate surface area is 155 Å². The van der Waals surface area contributed by atoms with Gasteiger partial charge in [-0.05, 0) is 47.9 Å². The van der Waals surface area contributed by atoms with Crippen LogP contribution in [-0.2, 0) is 0 Å². The predicted octanol–water partition coefficient (Wildman–Crippen LogP) is 6.33. The number of nitrogens with zero attached hydrogens (tertiary/aromatic N) is 2. The minimum atomic E-state index is -1.89. The zero-order valence-electron chi connectivity index (χ0n) is 15.3. The highest BCUT2D eigenvalue weighted by molar-refractivity contribution is 6.74. The molecule has 25 heavy (non-hydrogen) atoms. The van der Waals surface area contributed by atoms with E-state index in [2.05, 4.69) is 43.8 Å². The third-order valence-electron chi connectivity index (χ3n) is 4.86. The summed E-state index contributed by atoms with van der Waals surface area (Å²) in [6.45, 7) is 11.2. The monoisotopic (exact) mass is 370 g/mol. The lowest BCUT2D eigenvalue weighted by Crippen LogP contribution is -2.43. The number of halogens is 1. The van der Waals surface area contributed by atoms with Gasteiger partial charge in [0, 0.05) is 10.9 Å². The molecule has 0 fully saturated rings. The Balaban J connectivity index is 2.06. The van der Waals surface area contributed by atoms with Crippen molar-refractivity contribution in [1.82, 2.24) is 9.97 Å². The number of hydrogen-bond donors (Lipinski definition) is 0. The van der Waals surface area contributed by atoms with Gasteiger partial charge in [-0.3, -0.25) is 0 Å². The molecule has 5 heteroatoms. The van der Waals surface area contributed by atoms with Crippen LogP contribution in [0.4, 0.5) is 0 Å². The van der Waals surface area contributed by atoms with Crippen molar-refractivity contribution in [2.45, 2.75) is 38.9 Å². The SMILES string of the molecule is CC(C)(C)[Si](C)(C)Oc1cccc(-c2nc(Cl)nc3ccccc23)c1. The lowest BCUT2D eigenvalue weighted by atomic mass is 10.1. The van der Waals surface area contributed by atoms with Gasteiger partial charge < -0.3 is 4.43 Å². The highest BCUT2D eigenvalue weighted by Crippen LogP contribution is 2.38. The first kappa shape index (κ1) is 17.9. The molecule has 3 nitrogen and oxygen atoms in total. The summed E-state index contributed by atoms with van der Waals surface area (Å²) in [4.78, 5) is 8.77. The van der Waals surface area contributed by atoms with Crippen LogP contribution in [0.3, 0.4) is 0 Å². The fourth-order valence-electron chi connectivity index (χ4n) is 2.42. The van der Waals surface area contributed by atoms with Gasteiger partial charge in [0.25, 0.3) is 0 Å². The highest BCUT2D eigenvalue weighted by Gasteiger charge is 2.39. The third kappa shape index (κ3) is 3.70. The van der Waals surface area contributed by atoms with Crippen molar-refractivity contribution in [3.63, 3.8) is 0 Å². The average Bonchev–Trinajstić information content (AvgIpc) is 2.52. The first-order chi connectivity index (χ1) is 11.7. The molecule has 1 heterocycles. The fourth-order valence-corrected chi connectivity index (χ4v) is 3.62. The number of aromatic nitrogens is 2. The van der Waals surface area contributed by atoms with Gasteiger partial charge in [-0.1, -0.05) is 51.1 Å². The smallest absolute Gasteiger partial charge is 0.250 e. The molecule has 3 rings (SSSR count). The van der Waals surface area contributed by atoms with Gasteiger partial charge in [0.1, 0.15) is 5.75 Å². The number of hydrogen-bond acceptors (Lipinski definition) is 3. The van der Waals surface area contributed by atoms with Gasteiger partial charge in [-0.2, -0.15) is 0 Å². The summed E-state index contributed by atoms with van der Waals surface area (Å²) in [5.74, 6) is 0.878. The molecule has 0 amide bonds. The standard InChI is InChI=1S/C20H23ClN2OSi/c1-20(2,3)25(4,5)24-15-10-8-9-14(13-15)18-16-11-6-7-12-17(16)22-19(21)23-18/h6-13H,1-5H3. The second kappa shape index (κ2) is 6.43. The van der Waals surface area contributed by atoms with Gasteiger partial charge in [0.2, 0.25) is 13.6 Å². The van der Waals surface area contributed by atoms with Gasteiger partial charge >= 0.3 is 0 Å². The summed E-state index contributed by atoms with van der Waals surface area (Å²) in [6.07, 6.45) is 0. The predicted molar refractivity (Wildman–Crippen MR) is 108 cm³/mol. The Bertz CT molecular complexity index is 919. The Morgan fingerprint density at radius 2 is 1.68 bits per heavy atom. The molecule has 130 valence electrons. The van der Waals surface area contributed by atoms with E-state index >= 15 is 0 Å². The molecule has 0 aliphatic heterocycles. The Morgan fingerprint density at radius 3 is 2.40 bits per heavy atom. The van der Waals surface area contributed by atoms with Gasteiger partial charge in [0.15, 0.2) is 0 Å². The number of rotatable bonds is 3. The molecule has 1 aromatic heterocycles. The van der Waals surface area contributed by atoms with E-state index in [0.717, 1.165) is 27.9 Å². The Kier molecular flexibility index (Phi) is 4.60. The summed E-state index contributed by atoms with van der Waals surface area (Å²) in [5, 5.41) is 1.38. The molecule has 0 aliphatic rings. The maximum Gasteiger partial charge on any atom is 0.250 e. The van der Waals surface area contributed by atoms with Crippen LogP contribution < -0.4 is 4.43 Å². The zero-order chi connectivity index (χ0) is 18.2. The van der Waals surface area contributed by atoms with E-state index in [1.54, 1.807) is 0 Å². The van der Waals surface area contributed by atoms with E-state index in [1.807, 2.05) is 48.5 Å². The van der Waals surface area contributed by atoms with Crippen LogP contribution in [0.1, 0.15) is 20.8 Å². The van der Waals surface area contributed by atoms with Crippen LogP contribution in [0.25, 0.3) is 22.2 Å². The van der Waals surface area contributed by atoms with E-state index in [-0.39, 0.29) is 10.3 Å². The van der Waals surface area contributed by atoms with Crippen LogP contribution in [0.5, 0.6) is 5.75 Å². The topological polar surface area (TPSA) is 35.0 Å². The Morgan fingerprint density at radius 1 is 0.960 bits per heavy atom. The van der Waals surface area contributed by atoms with Crippen molar-refractivity contribution in [2.75, 3.05) is 0 Å². The molecule has 0 saturated carbocycles. The lowest BCUT2D eigenvalue weighted by Gasteiger charge is -2.36. The summed E-state index contributed by atoms with van der Waals surface area (Å²) in [7, 11) is -1.89. The highest BCUT2D eigenvalue weighted by atomic mass is 35.5. The summed E-state index contributed by atoms with van der Waals surface area (Å²) in [5.41, 5.74) is 2.65. The van der Waals surface area contributed by atoms with Crippen LogP contribution in [0.15, 0.2) is 48.5 Å². The molecule has 0 aliphatic carbocycles. The molecular weight excluding hydrogens is 348 g/mol. The normalized spacial score (nSPS) is 12.4. The molecule has 0 unspecified atom stereocenters. The molecule has 0 saturated heterocycles. The lowest BCUT2D eigenvalue weighted by molar-refractivity contribution is 0.492. The van der Waals surface area contributed by atoms with Gasteiger partial charge in [-0.25, -0.2) is 9.97 Å². The van der Waals surface area contributed by atoms with Crippen molar-refractivity contribution >= 4 is 30.8 Å². The number of benzene rings is 2. The first-order valence-electron chi connectivity index (χ1n) is 8.39. The molecule has 0 radical (unpaired) electrons. The first-order valence-corrected chi connectivity index (χ1v) is 11.7. The summed E-state index contributed by atoms with van der Waals surface area (Å²) in [6, 6.07) is 16.0. The minimum Gasteiger partial charge on any atom is -0.543 e. The second-order valence-corrected chi connectivity index (χ2v) is 12.8. The van der Waals surface area contributed by atoms with E-state index < -0.39 is 8.32 Å². The van der Waals surface area contributed by atoms with E-state index in [4.69, 9.17) is 16.0 Å².